The molecule has 0 aliphatic heterocycles. The first-order valence-electron chi connectivity index (χ1n) is 12.3. The zero-order valence-corrected chi connectivity index (χ0v) is 22.3. The number of aromatic nitrogens is 2. The standard InChI is InChI=1S/C14H13FN2.C9H10BrN.C5H5BFNO2/c15-13-8-10(6-7-17-13)12-5-4-9-2-1-3-11(9)14(12)16;10-8-5-4-6-2-1-3-7(6)9(8)11;7-5-3-4(6(9)10)1-2-8-5/h4-8H,1-3,16H2;4-5H,1-3,11H2;1-3,9-10H. The molecule has 2 aromatic carbocycles. The van der Waals surface area contributed by atoms with Crippen molar-refractivity contribution in [1.29, 1.82) is 0 Å². The lowest BCUT2D eigenvalue weighted by atomic mass is 9.81. The number of nitrogens with zero attached hydrogens (tertiary/aromatic N) is 2. The van der Waals surface area contributed by atoms with Crippen LogP contribution in [-0.4, -0.2) is 27.1 Å². The summed E-state index contributed by atoms with van der Waals surface area (Å²) >= 11 is 3.42. The highest BCUT2D eigenvalue weighted by Crippen LogP contribution is 2.35. The van der Waals surface area contributed by atoms with Crippen LogP contribution in [0.15, 0.2) is 65.4 Å². The lowest BCUT2D eigenvalue weighted by molar-refractivity contribution is 0.425. The minimum absolute atomic E-state index is 0.104. The molecule has 2 heterocycles. The summed E-state index contributed by atoms with van der Waals surface area (Å²) in [5.41, 5.74) is 21.0. The van der Waals surface area contributed by atoms with Gasteiger partial charge in [-0.25, -0.2) is 9.97 Å². The Labute approximate surface area is 229 Å². The lowest BCUT2D eigenvalue weighted by Crippen LogP contribution is -2.30. The lowest BCUT2D eigenvalue weighted by Gasteiger charge is -2.10. The Balaban J connectivity index is 0.000000140. The number of rotatable bonds is 2. The first kappa shape index (κ1) is 27.7. The molecule has 10 heteroatoms. The maximum atomic E-state index is 13.1. The average molecular weight is 581 g/mol. The van der Waals surface area contributed by atoms with E-state index in [-0.39, 0.29) is 5.46 Å². The van der Waals surface area contributed by atoms with Gasteiger partial charge in [0.1, 0.15) is 0 Å². The second-order valence-electron chi connectivity index (χ2n) is 9.12. The smallest absolute Gasteiger partial charge is 0.423 e. The molecule has 6 N–H and O–H groups in total. The monoisotopic (exact) mass is 580 g/mol. The molecular weight excluding hydrogens is 553 g/mol. The fourth-order valence-electron chi connectivity index (χ4n) is 4.76. The fourth-order valence-corrected chi connectivity index (χ4v) is 5.13. The number of aryl methyl sites for hydroxylation is 2. The second kappa shape index (κ2) is 12.5. The molecule has 0 radical (unpaired) electrons. The number of halogens is 3. The summed E-state index contributed by atoms with van der Waals surface area (Å²) in [5, 5.41) is 17.0. The molecule has 0 spiro atoms. The molecule has 0 fully saturated rings. The number of nitrogen functional groups attached to an aromatic ring is 2. The number of pyridine rings is 2. The minimum Gasteiger partial charge on any atom is -0.423 e. The van der Waals surface area contributed by atoms with Gasteiger partial charge in [-0.1, -0.05) is 18.2 Å². The van der Waals surface area contributed by atoms with E-state index in [1.807, 2.05) is 12.1 Å². The van der Waals surface area contributed by atoms with E-state index in [0.29, 0.717) is 0 Å². The highest BCUT2D eigenvalue weighted by Gasteiger charge is 2.17. The van der Waals surface area contributed by atoms with Crippen molar-refractivity contribution in [3.8, 4) is 11.1 Å². The van der Waals surface area contributed by atoms with E-state index in [0.717, 1.165) is 58.7 Å². The van der Waals surface area contributed by atoms with Gasteiger partial charge in [0.25, 0.3) is 0 Å². The Morgan fingerprint density at radius 2 is 1.32 bits per heavy atom. The van der Waals surface area contributed by atoms with Gasteiger partial charge < -0.3 is 21.5 Å². The van der Waals surface area contributed by atoms with E-state index in [2.05, 4.69) is 38.0 Å². The maximum absolute atomic E-state index is 13.1. The number of hydrogen-bond acceptors (Lipinski definition) is 6. The summed E-state index contributed by atoms with van der Waals surface area (Å²) < 4.78 is 26.3. The molecule has 0 atom stereocenters. The quantitative estimate of drug-likeness (QED) is 0.159. The molecule has 2 aromatic heterocycles. The van der Waals surface area contributed by atoms with Crippen molar-refractivity contribution in [2.75, 3.05) is 11.5 Å². The molecule has 0 amide bonds. The van der Waals surface area contributed by atoms with Crippen LogP contribution in [0.2, 0.25) is 0 Å². The third-order valence-corrected chi connectivity index (χ3v) is 7.38. The van der Waals surface area contributed by atoms with Crippen LogP contribution in [0.5, 0.6) is 0 Å². The van der Waals surface area contributed by atoms with E-state index in [1.54, 1.807) is 6.07 Å². The molecule has 38 heavy (non-hydrogen) atoms. The highest BCUT2D eigenvalue weighted by molar-refractivity contribution is 9.10. The predicted molar refractivity (Wildman–Crippen MR) is 151 cm³/mol. The first-order valence-corrected chi connectivity index (χ1v) is 13.1. The molecule has 4 aromatic rings. The summed E-state index contributed by atoms with van der Waals surface area (Å²) in [5.74, 6) is -1.19. The van der Waals surface area contributed by atoms with E-state index < -0.39 is 19.0 Å². The van der Waals surface area contributed by atoms with Gasteiger partial charge in [-0.3, -0.25) is 0 Å². The van der Waals surface area contributed by atoms with Gasteiger partial charge in [0.2, 0.25) is 11.9 Å². The Bertz CT molecular complexity index is 1440. The zero-order chi connectivity index (χ0) is 27.2. The Morgan fingerprint density at radius 1 is 0.737 bits per heavy atom. The summed E-state index contributed by atoms with van der Waals surface area (Å²) in [7, 11) is -1.63. The van der Waals surface area contributed by atoms with Crippen molar-refractivity contribution in [2.45, 2.75) is 38.5 Å². The van der Waals surface area contributed by atoms with Gasteiger partial charge in [-0.2, -0.15) is 8.78 Å². The SMILES string of the molecule is Nc1c(-c2ccnc(F)c2)ccc2c1CCC2.Nc1c(Br)ccc2c1CCC2.OB(O)c1ccnc(F)c1. The number of fused-ring (bicyclic) bond motifs is 2. The third kappa shape index (κ3) is 6.56. The molecule has 6 rings (SSSR count). The van der Waals surface area contributed by atoms with Crippen molar-refractivity contribution in [1.82, 2.24) is 9.97 Å². The number of benzene rings is 2. The van der Waals surface area contributed by atoms with Crippen LogP contribution in [0.3, 0.4) is 0 Å². The molecule has 0 saturated carbocycles. The van der Waals surface area contributed by atoms with Gasteiger partial charge >= 0.3 is 7.12 Å². The van der Waals surface area contributed by atoms with E-state index >= 15 is 0 Å². The predicted octanol–water partition coefficient (Wildman–Crippen LogP) is 4.38. The summed E-state index contributed by atoms with van der Waals surface area (Å²) in [6.07, 6.45) is 9.55. The van der Waals surface area contributed by atoms with Crippen molar-refractivity contribution in [3.05, 3.63) is 99.5 Å². The van der Waals surface area contributed by atoms with Crippen LogP contribution in [-0.2, 0) is 25.7 Å². The molecule has 0 bridgehead atoms. The largest absolute Gasteiger partial charge is 0.488 e. The van der Waals surface area contributed by atoms with Crippen molar-refractivity contribution in [3.63, 3.8) is 0 Å². The van der Waals surface area contributed by atoms with E-state index in [9.17, 15) is 8.78 Å². The van der Waals surface area contributed by atoms with Crippen LogP contribution in [0, 0.1) is 11.9 Å². The maximum Gasteiger partial charge on any atom is 0.488 e. The summed E-state index contributed by atoms with van der Waals surface area (Å²) in [4.78, 5) is 6.79. The van der Waals surface area contributed by atoms with Crippen molar-refractivity contribution >= 4 is 39.9 Å². The Hall–Kier alpha value is -3.34. The molecule has 6 nitrogen and oxygen atoms in total. The van der Waals surface area contributed by atoms with Crippen LogP contribution in [0.4, 0.5) is 20.2 Å². The summed E-state index contributed by atoms with van der Waals surface area (Å²) in [6, 6.07) is 13.8. The average Bonchev–Trinajstić information content (AvgIpc) is 3.58. The fraction of sp³-hybridized carbons (Fsp3) is 0.214. The highest BCUT2D eigenvalue weighted by atomic mass is 79.9. The van der Waals surface area contributed by atoms with Crippen LogP contribution < -0.4 is 16.9 Å². The van der Waals surface area contributed by atoms with Gasteiger partial charge in [-0.15, -0.1) is 0 Å². The van der Waals surface area contributed by atoms with Crippen LogP contribution in [0.25, 0.3) is 11.1 Å². The van der Waals surface area contributed by atoms with E-state index in [4.69, 9.17) is 21.5 Å². The second-order valence-corrected chi connectivity index (χ2v) is 9.98. The third-order valence-electron chi connectivity index (χ3n) is 6.69. The Kier molecular flexibility index (Phi) is 9.09. The first-order chi connectivity index (χ1) is 18.2. The van der Waals surface area contributed by atoms with Gasteiger partial charge in [0.05, 0.1) is 0 Å². The van der Waals surface area contributed by atoms with Gasteiger partial charge in [0, 0.05) is 39.9 Å². The van der Waals surface area contributed by atoms with Crippen molar-refractivity contribution < 1.29 is 18.8 Å². The van der Waals surface area contributed by atoms with E-state index in [1.165, 1.54) is 59.6 Å². The van der Waals surface area contributed by atoms with Gasteiger partial charge in [-0.05, 0) is 112 Å². The topological polar surface area (TPSA) is 118 Å². The molecule has 2 aliphatic rings. The summed E-state index contributed by atoms with van der Waals surface area (Å²) in [6.45, 7) is 0. The zero-order valence-electron chi connectivity index (χ0n) is 20.7. The van der Waals surface area contributed by atoms with Gasteiger partial charge in [0.15, 0.2) is 0 Å². The number of nitrogens with two attached hydrogens (primary N) is 2. The molecule has 0 unspecified atom stereocenters. The van der Waals surface area contributed by atoms with Crippen LogP contribution in [0.1, 0.15) is 35.1 Å². The molecular formula is C28H28BBrF2N4O2. The molecule has 196 valence electrons. The van der Waals surface area contributed by atoms with Crippen molar-refractivity contribution in [2.24, 2.45) is 0 Å². The minimum atomic E-state index is -1.63. The Morgan fingerprint density at radius 3 is 1.89 bits per heavy atom. The molecule has 0 saturated heterocycles. The van der Waals surface area contributed by atoms with Crippen LogP contribution >= 0.6 is 15.9 Å². The normalized spacial score (nSPS) is 13.0. The number of anilines is 2. The number of hydrogen-bond donors (Lipinski definition) is 4. The molecule has 2 aliphatic carbocycles.